The van der Waals surface area contributed by atoms with Gasteiger partial charge in [-0.1, -0.05) is 0 Å². The van der Waals surface area contributed by atoms with Gasteiger partial charge >= 0.3 is 23.9 Å². The second kappa shape index (κ2) is 5.40. The zero-order chi connectivity index (χ0) is 16.1. The van der Waals surface area contributed by atoms with Gasteiger partial charge in [0.15, 0.2) is 0 Å². The van der Waals surface area contributed by atoms with Crippen LogP contribution in [0.3, 0.4) is 0 Å². The van der Waals surface area contributed by atoms with Crippen molar-refractivity contribution in [2.24, 2.45) is 23.7 Å². The summed E-state index contributed by atoms with van der Waals surface area (Å²) >= 11 is 0. The van der Waals surface area contributed by atoms with E-state index < -0.39 is 35.7 Å². The molecule has 6 unspecified atom stereocenters. The number of esters is 4. The van der Waals surface area contributed by atoms with Crippen LogP contribution in [0.25, 0.3) is 0 Å². The molecule has 4 aliphatic rings. The van der Waals surface area contributed by atoms with E-state index in [-0.39, 0.29) is 24.0 Å². The molecule has 0 N–H and O–H groups in total. The fraction of sp³-hybridized carbons (Fsp3) is 0.750. The van der Waals surface area contributed by atoms with Crippen LogP contribution in [0, 0.1) is 23.7 Å². The van der Waals surface area contributed by atoms with E-state index in [1.807, 2.05) is 0 Å². The summed E-state index contributed by atoms with van der Waals surface area (Å²) in [5.41, 5.74) is 0. The van der Waals surface area contributed by atoms with Crippen molar-refractivity contribution in [3.8, 4) is 0 Å². The molecular weight excluding hydrogens is 304 g/mol. The van der Waals surface area contributed by atoms with Crippen molar-refractivity contribution in [2.75, 3.05) is 0 Å². The highest BCUT2D eigenvalue weighted by Gasteiger charge is 2.50. The molecule has 7 heteroatoms. The van der Waals surface area contributed by atoms with Crippen LogP contribution in [-0.2, 0) is 33.4 Å². The molecule has 2 heterocycles. The van der Waals surface area contributed by atoms with Gasteiger partial charge in [0.1, 0.15) is 0 Å². The third-order valence-corrected chi connectivity index (χ3v) is 5.60. The highest BCUT2D eigenvalue weighted by molar-refractivity contribution is 5.97. The lowest BCUT2D eigenvalue weighted by Crippen LogP contribution is -2.37. The maximum atomic E-state index is 11.7. The van der Waals surface area contributed by atoms with Gasteiger partial charge in [-0.05, 0) is 38.5 Å². The van der Waals surface area contributed by atoms with Crippen LogP contribution in [0.4, 0.5) is 0 Å². The molecule has 2 aliphatic carbocycles. The van der Waals surface area contributed by atoms with Crippen molar-refractivity contribution in [3.05, 3.63) is 0 Å². The predicted molar refractivity (Wildman–Crippen MR) is 72.5 cm³/mol. The first-order chi connectivity index (χ1) is 11.0. The molecule has 0 radical (unpaired) electrons. The fourth-order valence-electron chi connectivity index (χ4n) is 4.37. The summed E-state index contributed by atoms with van der Waals surface area (Å²) in [5, 5.41) is 0. The summed E-state index contributed by atoms with van der Waals surface area (Å²) < 4.78 is 15.5. The number of rotatable bonds is 2. The third kappa shape index (κ3) is 2.47. The van der Waals surface area contributed by atoms with Crippen molar-refractivity contribution in [3.63, 3.8) is 0 Å². The molecule has 2 saturated carbocycles. The first-order valence-corrected chi connectivity index (χ1v) is 8.19. The molecule has 4 fully saturated rings. The van der Waals surface area contributed by atoms with Crippen LogP contribution in [0.2, 0.25) is 0 Å². The van der Waals surface area contributed by atoms with Crippen LogP contribution in [0.5, 0.6) is 0 Å². The Morgan fingerprint density at radius 3 is 1.43 bits per heavy atom. The Labute approximate surface area is 132 Å². The third-order valence-electron chi connectivity index (χ3n) is 5.60. The highest BCUT2D eigenvalue weighted by Crippen LogP contribution is 2.41. The number of ether oxygens (including phenoxy) is 3. The van der Waals surface area contributed by atoms with Crippen LogP contribution >= 0.6 is 0 Å². The number of carbonyl (C=O) groups is 4. The molecule has 0 aromatic carbocycles. The van der Waals surface area contributed by atoms with Gasteiger partial charge in [0.05, 0.1) is 35.9 Å². The molecule has 0 aromatic rings. The van der Waals surface area contributed by atoms with Crippen molar-refractivity contribution >= 4 is 23.9 Å². The van der Waals surface area contributed by atoms with Crippen LogP contribution in [0.15, 0.2) is 0 Å². The molecule has 7 nitrogen and oxygen atoms in total. The zero-order valence-electron chi connectivity index (χ0n) is 12.6. The zero-order valence-corrected chi connectivity index (χ0v) is 12.6. The van der Waals surface area contributed by atoms with E-state index in [9.17, 15) is 19.2 Å². The molecule has 4 rings (SSSR count). The summed E-state index contributed by atoms with van der Waals surface area (Å²) in [5.74, 6) is -3.13. The number of cyclic esters (lactones) is 4. The van der Waals surface area contributed by atoms with Gasteiger partial charge in [-0.25, -0.2) is 0 Å². The van der Waals surface area contributed by atoms with Crippen molar-refractivity contribution in [1.82, 2.24) is 0 Å². The number of hydrogen-bond acceptors (Lipinski definition) is 7. The molecule has 6 atom stereocenters. The monoisotopic (exact) mass is 322 g/mol. The highest BCUT2D eigenvalue weighted by atomic mass is 16.6. The lowest BCUT2D eigenvalue weighted by Gasteiger charge is -2.34. The minimum Gasteiger partial charge on any atom is -0.393 e. The Bertz CT molecular complexity index is 533. The average molecular weight is 322 g/mol. The normalized spacial score (nSPS) is 43.0. The minimum absolute atomic E-state index is 0.107. The molecule has 124 valence electrons. The van der Waals surface area contributed by atoms with Crippen LogP contribution < -0.4 is 0 Å². The smallest absolute Gasteiger partial charge is 0.317 e. The van der Waals surface area contributed by atoms with Gasteiger partial charge in [-0.2, -0.15) is 0 Å². The van der Waals surface area contributed by atoms with E-state index in [4.69, 9.17) is 14.2 Å². The summed E-state index contributed by atoms with van der Waals surface area (Å²) in [4.78, 5) is 46.5. The average Bonchev–Trinajstić information content (AvgIpc) is 2.96. The van der Waals surface area contributed by atoms with Crippen LogP contribution in [0.1, 0.15) is 38.5 Å². The number of carbonyl (C=O) groups excluding carboxylic acids is 4. The largest absolute Gasteiger partial charge is 0.393 e. The Morgan fingerprint density at radius 1 is 0.609 bits per heavy atom. The Balaban J connectivity index is 1.36. The first kappa shape index (κ1) is 14.8. The maximum absolute atomic E-state index is 11.7. The summed E-state index contributed by atoms with van der Waals surface area (Å²) in [6, 6.07) is 0. The van der Waals surface area contributed by atoms with Crippen molar-refractivity contribution in [2.45, 2.75) is 50.7 Å². The molecule has 0 amide bonds. The number of hydrogen-bond donors (Lipinski definition) is 0. The second-order valence-electron chi connectivity index (χ2n) is 6.91. The molecule has 23 heavy (non-hydrogen) atoms. The van der Waals surface area contributed by atoms with Gasteiger partial charge in [0, 0.05) is 0 Å². The molecule has 0 spiro atoms. The fourth-order valence-corrected chi connectivity index (χ4v) is 4.37. The molecular formula is C16H18O7. The summed E-state index contributed by atoms with van der Waals surface area (Å²) in [7, 11) is 0. The van der Waals surface area contributed by atoms with Gasteiger partial charge < -0.3 is 14.2 Å². The van der Waals surface area contributed by atoms with Crippen molar-refractivity contribution < 1.29 is 33.4 Å². The molecule has 0 bridgehead atoms. The lowest BCUT2D eigenvalue weighted by molar-refractivity contribution is -0.155. The number of fused-ring (bicyclic) bond motifs is 2. The van der Waals surface area contributed by atoms with E-state index in [1.54, 1.807) is 0 Å². The Morgan fingerprint density at radius 2 is 1.00 bits per heavy atom. The standard InChI is InChI=1S/C16H18O7/c17-13-9-3-1-7(5-11(9)15(19)22-13)21-8-2-4-10-12(6-8)16(20)23-14(10)18/h7-12H,1-6H2. The van der Waals surface area contributed by atoms with E-state index in [2.05, 4.69) is 0 Å². The van der Waals surface area contributed by atoms with Crippen molar-refractivity contribution in [1.29, 1.82) is 0 Å². The Hall–Kier alpha value is -1.76. The maximum Gasteiger partial charge on any atom is 0.317 e. The molecule has 0 aromatic heterocycles. The quantitative estimate of drug-likeness (QED) is 0.546. The van der Waals surface area contributed by atoms with Gasteiger partial charge in [0.25, 0.3) is 0 Å². The van der Waals surface area contributed by atoms with Gasteiger partial charge in [0.2, 0.25) is 0 Å². The first-order valence-electron chi connectivity index (χ1n) is 8.19. The minimum atomic E-state index is -0.443. The molecule has 2 aliphatic heterocycles. The van der Waals surface area contributed by atoms with Crippen LogP contribution in [-0.4, -0.2) is 36.1 Å². The van der Waals surface area contributed by atoms with E-state index >= 15 is 0 Å². The summed E-state index contributed by atoms with van der Waals surface area (Å²) in [6.45, 7) is 0. The van der Waals surface area contributed by atoms with Gasteiger partial charge in [-0.15, -0.1) is 0 Å². The van der Waals surface area contributed by atoms with E-state index in [0.29, 0.717) is 38.5 Å². The summed E-state index contributed by atoms with van der Waals surface area (Å²) in [6.07, 6.45) is 3.37. The SMILES string of the molecule is O=C1OC(=O)C2CC(OC3CCC4C(=O)OC(=O)C4C3)CCC12. The lowest BCUT2D eigenvalue weighted by atomic mass is 9.78. The topological polar surface area (TPSA) is 96.0 Å². The second-order valence-corrected chi connectivity index (χ2v) is 6.91. The molecule has 2 saturated heterocycles. The predicted octanol–water partition coefficient (Wildman–Crippen LogP) is 0.740. The Kier molecular flexibility index (Phi) is 3.48. The van der Waals surface area contributed by atoms with Gasteiger partial charge in [-0.3, -0.25) is 19.2 Å². The van der Waals surface area contributed by atoms with E-state index in [1.165, 1.54) is 0 Å². The van der Waals surface area contributed by atoms with E-state index in [0.717, 1.165) is 0 Å².